The van der Waals surface area contributed by atoms with Crippen molar-refractivity contribution in [3.05, 3.63) is 34.4 Å². The van der Waals surface area contributed by atoms with Gasteiger partial charge < -0.3 is 10.4 Å². The minimum Gasteiger partial charge on any atom is -0.400 e. The molecule has 98 valence electrons. The summed E-state index contributed by atoms with van der Waals surface area (Å²) in [4.78, 5) is 11.2. The zero-order chi connectivity index (χ0) is 13.8. The molecule has 0 saturated carbocycles. The number of allylic oxidation sites excluding steroid dienone is 4. The van der Waals surface area contributed by atoms with Crippen LogP contribution in [0.3, 0.4) is 0 Å². The molecule has 0 atom stereocenters. The molecule has 0 rings (SSSR count). The zero-order valence-electron chi connectivity index (χ0n) is 11.0. The van der Waals surface area contributed by atoms with Gasteiger partial charge in [-0.15, -0.1) is 0 Å². The summed E-state index contributed by atoms with van der Waals surface area (Å²) in [6.45, 7) is 7.72. The summed E-state index contributed by atoms with van der Waals surface area (Å²) in [6, 6.07) is 0. The standard InChI is InChI=1S/C12H18BrNO.CH4O/c1-5-10(8-12(15)14-4)7-9(3)11(13)6-2;1-2/h6-7H,2,5,8H2,1,3-4H3,(H,14,15);2H,1H3/b10-7+,11-9+;. The van der Waals surface area contributed by atoms with Crippen molar-refractivity contribution >= 4 is 21.8 Å². The van der Waals surface area contributed by atoms with Crippen molar-refractivity contribution < 1.29 is 9.90 Å². The molecule has 17 heavy (non-hydrogen) atoms. The Morgan fingerprint density at radius 3 is 2.35 bits per heavy atom. The van der Waals surface area contributed by atoms with Crippen LogP contribution in [0.25, 0.3) is 0 Å². The number of nitrogens with one attached hydrogen (secondary N) is 1. The van der Waals surface area contributed by atoms with Crippen molar-refractivity contribution in [3.63, 3.8) is 0 Å². The summed E-state index contributed by atoms with van der Waals surface area (Å²) in [5, 5.41) is 9.62. The van der Waals surface area contributed by atoms with Crippen LogP contribution in [0, 0.1) is 0 Å². The Bertz CT molecular complexity index is 307. The molecule has 0 spiro atoms. The van der Waals surface area contributed by atoms with Crippen LogP contribution < -0.4 is 5.32 Å². The number of halogens is 1. The molecule has 0 fully saturated rings. The van der Waals surface area contributed by atoms with Gasteiger partial charge in [0.15, 0.2) is 0 Å². The molecule has 0 aliphatic carbocycles. The monoisotopic (exact) mass is 303 g/mol. The van der Waals surface area contributed by atoms with Crippen LogP contribution in [0.2, 0.25) is 0 Å². The summed E-state index contributed by atoms with van der Waals surface area (Å²) < 4.78 is 0.963. The number of aliphatic hydroxyl groups excluding tert-OH is 1. The maximum absolute atomic E-state index is 11.2. The number of hydrogen-bond donors (Lipinski definition) is 2. The molecule has 0 bridgehead atoms. The van der Waals surface area contributed by atoms with Crippen molar-refractivity contribution in [1.29, 1.82) is 0 Å². The van der Waals surface area contributed by atoms with Gasteiger partial charge in [0.2, 0.25) is 5.91 Å². The second-order valence-electron chi connectivity index (χ2n) is 3.24. The van der Waals surface area contributed by atoms with Gasteiger partial charge in [0.1, 0.15) is 0 Å². The first-order valence-electron chi connectivity index (χ1n) is 5.38. The lowest BCUT2D eigenvalue weighted by Gasteiger charge is -2.04. The van der Waals surface area contributed by atoms with Crippen molar-refractivity contribution in [2.24, 2.45) is 0 Å². The fourth-order valence-corrected chi connectivity index (χ4v) is 1.22. The third-order valence-corrected chi connectivity index (χ3v) is 3.05. The van der Waals surface area contributed by atoms with Crippen molar-refractivity contribution in [3.8, 4) is 0 Å². The first-order valence-corrected chi connectivity index (χ1v) is 6.18. The average molecular weight is 304 g/mol. The lowest BCUT2D eigenvalue weighted by atomic mass is 10.1. The molecule has 1 amide bonds. The van der Waals surface area contributed by atoms with E-state index in [0.29, 0.717) is 6.42 Å². The van der Waals surface area contributed by atoms with Gasteiger partial charge in [0.25, 0.3) is 0 Å². The molecule has 0 aromatic carbocycles. The van der Waals surface area contributed by atoms with Crippen LogP contribution in [0.4, 0.5) is 0 Å². The van der Waals surface area contributed by atoms with E-state index in [1.165, 1.54) is 0 Å². The van der Waals surface area contributed by atoms with Crippen LogP contribution in [0.15, 0.2) is 34.4 Å². The third kappa shape index (κ3) is 8.89. The van der Waals surface area contributed by atoms with Gasteiger partial charge in [-0.05, 0) is 18.9 Å². The predicted molar refractivity (Wildman–Crippen MR) is 77.0 cm³/mol. The Kier molecular flexibility index (Phi) is 12.6. The fourth-order valence-electron chi connectivity index (χ4n) is 1.11. The molecule has 0 aliphatic rings. The summed E-state index contributed by atoms with van der Waals surface area (Å²) in [7, 11) is 2.65. The highest BCUT2D eigenvalue weighted by atomic mass is 79.9. The Morgan fingerprint density at radius 2 is 2.00 bits per heavy atom. The van der Waals surface area contributed by atoms with E-state index in [1.807, 2.05) is 19.9 Å². The van der Waals surface area contributed by atoms with Gasteiger partial charge in [-0.1, -0.05) is 47.2 Å². The molecule has 0 radical (unpaired) electrons. The van der Waals surface area contributed by atoms with Gasteiger partial charge in [0.05, 0.1) is 0 Å². The average Bonchev–Trinajstić information content (AvgIpc) is 2.38. The van der Waals surface area contributed by atoms with Gasteiger partial charge in [0, 0.05) is 25.1 Å². The Labute approximate surface area is 112 Å². The minimum atomic E-state index is 0.0469. The summed E-state index contributed by atoms with van der Waals surface area (Å²) >= 11 is 3.40. The number of carbonyl (C=O) groups is 1. The normalized spacial score (nSPS) is 12.0. The first kappa shape index (κ1) is 18.5. The second kappa shape index (κ2) is 11.6. The molecular weight excluding hydrogens is 282 g/mol. The van der Waals surface area contributed by atoms with E-state index in [-0.39, 0.29) is 5.91 Å². The second-order valence-corrected chi connectivity index (χ2v) is 4.10. The van der Waals surface area contributed by atoms with Crippen LogP contribution in [-0.2, 0) is 4.79 Å². The molecule has 0 aromatic rings. The Morgan fingerprint density at radius 1 is 1.47 bits per heavy atom. The SMILES string of the molecule is C=C/C(Br)=C(C)\C=C(/CC)CC(=O)NC.CO. The molecule has 3 nitrogen and oxygen atoms in total. The van der Waals surface area contributed by atoms with E-state index in [4.69, 9.17) is 5.11 Å². The van der Waals surface area contributed by atoms with Crippen LogP contribution in [0.1, 0.15) is 26.7 Å². The van der Waals surface area contributed by atoms with Crippen LogP contribution in [0.5, 0.6) is 0 Å². The molecule has 0 heterocycles. The van der Waals surface area contributed by atoms with Crippen LogP contribution >= 0.6 is 15.9 Å². The predicted octanol–water partition coefficient (Wildman–Crippen LogP) is 2.92. The van der Waals surface area contributed by atoms with E-state index in [9.17, 15) is 4.79 Å². The van der Waals surface area contributed by atoms with E-state index in [2.05, 4.69) is 27.8 Å². The number of aliphatic hydroxyl groups is 1. The lowest BCUT2D eigenvalue weighted by molar-refractivity contribution is -0.119. The van der Waals surface area contributed by atoms with E-state index in [1.54, 1.807) is 13.1 Å². The van der Waals surface area contributed by atoms with Crippen molar-refractivity contribution in [1.82, 2.24) is 5.32 Å². The van der Waals surface area contributed by atoms with Gasteiger partial charge in [-0.2, -0.15) is 0 Å². The summed E-state index contributed by atoms with van der Waals surface area (Å²) in [6.07, 6.45) is 5.12. The molecule has 2 N–H and O–H groups in total. The Hall–Kier alpha value is -0.870. The van der Waals surface area contributed by atoms with E-state index in [0.717, 1.165) is 29.2 Å². The van der Waals surface area contributed by atoms with Gasteiger partial charge >= 0.3 is 0 Å². The third-order valence-electron chi connectivity index (χ3n) is 2.10. The minimum absolute atomic E-state index is 0.0469. The summed E-state index contributed by atoms with van der Waals surface area (Å²) in [5.41, 5.74) is 2.21. The largest absolute Gasteiger partial charge is 0.400 e. The first-order chi connectivity index (χ1) is 8.04. The quantitative estimate of drug-likeness (QED) is 0.767. The molecule has 0 aromatic heterocycles. The highest BCUT2D eigenvalue weighted by Crippen LogP contribution is 2.17. The molecule has 0 saturated heterocycles. The molecular formula is C13H22BrNO2. The maximum atomic E-state index is 11.2. The summed E-state index contributed by atoms with van der Waals surface area (Å²) in [5.74, 6) is 0.0469. The van der Waals surface area contributed by atoms with E-state index >= 15 is 0 Å². The van der Waals surface area contributed by atoms with Gasteiger partial charge in [-0.25, -0.2) is 0 Å². The van der Waals surface area contributed by atoms with E-state index < -0.39 is 0 Å². The molecule has 0 unspecified atom stereocenters. The van der Waals surface area contributed by atoms with Gasteiger partial charge in [-0.3, -0.25) is 4.79 Å². The Balaban J connectivity index is 0. The maximum Gasteiger partial charge on any atom is 0.223 e. The zero-order valence-corrected chi connectivity index (χ0v) is 12.6. The fraction of sp³-hybridized carbons (Fsp3) is 0.462. The number of hydrogen-bond acceptors (Lipinski definition) is 2. The topological polar surface area (TPSA) is 49.3 Å². The van der Waals surface area contributed by atoms with Crippen molar-refractivity contribution in [2.75, 3.05) is 14.2 Å². The highest BCUT2D eigenvalue weighted by molar-refractivity contribution is 9.11. The number of rotatable bonds is 5. The lowest BCUT2D eigenvalue weighted by Crippen LogP contribution is -2.17. The highest BCUT2D eigenvalue weighted by Gasteiger charge is 2.02. The molecule has 4 heteroatoms. The number of amides is 1. The molecule has 0 aliphatic heterocycles. The van der Waals surface area contributed by atoms with Crippen molar-refractivity contribution in [2.45, 2.75) is 26.7 Å². The number of carbonyl (C=O) groups excluding carboxylic acids is 1. The smallest absolute Gasteiger partial charge is 0.223 e. The van der Waals surface area contributed by atoms with Crippen LogP contribution in [-0.4, -0.2) is 25.2 Å².